The van der Waals surface area contributed by atoms with Gasteiger partial charge in [-0.3, -0.25) is 0 Å². The number of hydrogen-bond acceptors (Lipinski definition) is 4. The first kappa shape index (κ1) is 33.8. The number of rotatable bonds is 10. The van der Waals surface area contributed by atoms with E-state index in [2.05, 4.69) is 189 Å². The van der Waals surface area contributed by atoms with Crippen LogP contribution in [0.15, 0.2) is 121 Å². The summed E-state index contributed by atoms with van der Waals surface area (Å²) in [6, 6.07) is 45.0. The summed E-state index contributed by atoms with van der Waals surface area (Å²) in [5, 5.41) is 5.81. The van der Waals surface area contributed by atoms with Crippen molar-refractivity contribution in [2.24, 2.45) is 0 Å². The van der Waals surface area contributed by atoms with Gasteiger partial charge < -0.3 is 15.6 Å². The molecular weight excluding hydrogens is 665 g/mol. The van der Waals surface area contributed by atoms with Crippen LogP contribution in [0.5, 0.6) is 0 Å². The van der Waals surface area contributed by atoms with E-state index in [-0.39, 0.29) is 0 Å². The Morgan fingerprint density at radius 3 is 1.07 bits per heavy atom. The SMILES string of the molecule is C[Si]1(C)N([Si]c2ccccc2)[Si](C)(C)N([Si](C)(C)N([Si]c2ccccc2)[Si]c2ccccc2)[Si](C)(C)N1[Si]c1ccccc1. The highest BCUT2D eigenvalue weighted by atomic mass is 28.6. The molecule has 4 nitrogen and oxygen atoms in total. The van der Waals surface area contributed by atoms with Gasteiger partial charge in [0, 0.05) is 0 Å². The van der Waals surface area contributed by atoms with E-state index in [0.717, 1.165) is 0 Å². The lowest BCUT2D eigenvalue weighted by atomic mass is 10.4. The molecular formula is C32H44N4Si8. The van der Waals surface area contributed by atoms with Gasteiger partial charge in [-0.1, -0.05) is 121 Å². The molecule has 0 aliphatic carbocycles. The number of nitrogens with zero attached hydrogens (tertiary/aromatic N) is 4. The lowest BCUT2D eigenvalue weighted by molar-refractivity contribution is 0.623. The Labute approximate surface area is 280 Å². The summed E-state index contributed by atoms with van der Waals surface area (Å²) < 4.78 is 12.4. The van der Waals surface area contributed by atoms with Crippen LogP contribution in [0.3, 0.4) is 0 Å². The molecule has 8 radical (unpaired) electrons. The highest BCUT2D eigenvalue weighted by molar-refractivity contribution is 7.18. The molecule has 224 valence electrons. The van der Waals surface area contributed by atoms with Crippen molar-refractivity contribution in [3.63, 3.8) is 0 Å². The topological polar surface area (TPSA) is 13.0 Å². The molecule has 0 spiro atoms. The van der Waals surface area contributed by atoms with Crippen molar-refractivity contribution in [1.29, 1.82) is 0 Å². The fourth-order valence-corrected chi connectivity index (χ4v) is 56.6. The number of hydrogen-bond donors (Lipinski definition) is 0. The molecule has 1 saturated heterocycles. The highest BCUT2D eigenvalue weighted by Gasteiger charge is 2.65. The fourth-order valence-electron chi connectivity index (χ4n) is 7.16. The van der Waals surface area contributed by atoms with Crippen LogP contribution in [0.1, 0.15) is 0 Å². The van der Waals surface area contributed by atoms with Crippen LogP contribution in [0.2, 0.25) is 52.4 Å². The Morgan fingerprint density at radius 2 is 0.750 bits per heavy atom. The normalized spacial score (nSPS) is 18.8. The molecule has 4 aromatic carbocycles. The Bertz CT molecular complexity index is 1390. The van der Waals surface area contributed by atoms with E-state index >= 15 is 0 Å². The first-order valence-electron chi connectivity index (χ1n) is 15.3. The van der Waals surface area contributed by atoms with Crippen molar-refractivity contribution in [2.75, 3.05) is 0 Å². The molecule has 0 aromatic heterocycles. The van der Waals surface area contributed by atoms with Gasteiger partial charge in [-0.15, -0.1) is 0 Å². The zero-order valence-corrected chi connectivity index (χ0v) is 35.3. The molecule has 5 rings (SSSR count). The van der Waals surface area contributed by atoms with Crippen molar-refractivity contribution < 1.29 is 0 Å². The van der Waals surface area contributed by atoms with Gasteiger partial charge in [0.1, 0.15) is 0 Å². The zero-order chi connectivity index (χ0) is 31.6. The minimum atomic E-state index is -2.19. The largest absolute Gasteiger partial charge is 0.353 e. The maximum absolute atomic E-state index is 3.27. The molecule has 1 aliphatic heterocycles. The Kier molecular flexibility index (Phi) is 10.5. The van der Waals surface area contributed by atoms with Crippen molar-refractivity contribution in [2.45, 2.75) is 52.4 Å². The van der Waals surface area contributed by atoms with Crippen molar-refractivity contribution in [3.05, 3.63) is 121 Å². The Morgan fingerprint density at radius 1 is 0.455 bits per heavy atom. The van der Waals surface area contributed by atoms with Gasteiger partial charge in [0.2, 0.25) is 0 Å². The van der Waals surface area contributed by atoms with Gasteiger partial charge in [-0.2, -0.15) is 0 Å². The van der Waals surface area contributed by atoms with Crippen LogP contribution in [-0.2, 0) is 0 Å². The smallest absolute Gasteiger partial charge is 0.176 e. The Balaban J connectivity index is 1.64. The molecule has 0 bridgehead atoms. The first-order chi connectivity index (χ1) is 20.8. The van der Waals surface area contributed by atoms with Crippen molar-refractivity contribution in [1.82, 2.24) is 15.6 Å². The van der Waals surface area contributed by atoms with Crippen LogP contribution >= 0.6 is 0 Å². The molecule has 0 amide bonds. The van der Waals surface area contributed by atoms with Crippen LogP contribution in [0.4, 0.5) is 0 Å². The van der Waals surface area contributed by atoms with E-state index in [1.165, 1.54) is 20.7 Å². The molecule has 4 aromatic rings. The monoisotopic (exact) mass is 708 g/mol. The number of benzene rings is 4. The molecule has 0 N–H and O–H groups in total. The second kappa shape index (κ2) is 13.7. The van der Waals surface area contributed by atoms with Gasteiger partial charge in [-0.05, 0) is 73.1 Å². The maximum Gasteiger partial charge on any atom is 0.176 e. The maximum atomic E-state index is 3.27. The second-order valence-corrected chi connectivity index (χ2v) is 39.1. The summed E-state index contributed by atoms with van der Waals surface area (Å²) in [6.07, 6.45) is 0. The van der Waals surface area contributed by atoms with Crippen molar-refractivity contribution >= 4 is 93.1 Å². The van der Waals surface area contributed by atoms with Crippen LogP contribution in [0.25, 0.3) is 0 Å². The summed E-state index contributed by atoms with van der Waals surface area (Å²) in [5.41, 5.74) is 0. The van der Waals surface area contributed by atoms with Gasteiger partial charge in [0.15, 0.2) is 72.3 Å². The molecule has 0 atom stereocenters. The third kappa shape index (κ3) is 7.06. The van der Waals surface area contributed by atoms with E-state index in [1.807, 2.05) is 0 Å². The van der Waals surface area contributed by atoms with Crippen molar-refractivity contribution in [3.8, 4) is 0 Å². The summed E-state index contributed by atoms with van der Waals surface area (Å²) in [7, 11) is -5.70. The molecule has 1 aliphatic rings. The minimum Gasteiger partial charge on any atom is -0.353 e. The van der Waals surface area contributed by atoms with Crippen LogP contribution < -0.4 is 20.7 Å². The fraction of sp³-hybridized carbons (Fsp3) is 0.250. The molecule has 0 unspecified atom stereocenters. The summed E-state index contributed by atoms with van der Waals surface area (Å²) in [6.45, 7) is 21.4. The Hall–Kier alpha value is -1.54. The lowest BCUT2D eigenvalue weighted by Crippen LogP contribution is -2.95. The quantitative estimate of drug-likeness (QED) is 0.233. The standard InChI is InChI=1S/C32H44N4Si8/c1-41(2,33(37-29-21-13-9-14-22-29)38-30-23-15-10-16-24-30)36-43(5,6)34(39-31-25-17-11-18-26-31)42(3,4)35(44(36,7)8)40-32-27-19-12-20-28-32/h9-28H,1-8H3. The van der Waals surface area contributed by atoms with Gasteiger partial charge >= 0.3 is 0 Å². The lowest BCUT2D eigenvalue weighted by Gasteiger charge is -2.71. The van der Waals surface area contributed by atoms with E-state index in [0.29, 0.717) is 38.7 Å². The van der Waals surface area contributed by atoms with Crippen LogP contribution in [0, 0.1) is 0 Å². The average molecular weight is 709 g/mol. The summed E-state index contributed by atoms with van der Waals surface area (Å²) in [5.74, 6) is 0. The molecule has 44 heavy (non-hydrogen) atoms. The van der Waals surface area contributed by atoms with E-state index in [9.17, 15) is 0 Å². The van der Waals surface area contributed by atoms with Gasteiger partial charge in [0.05, 0.1) is 0 Å². The molecule has 12 heteroatoms. The second-order valence-electron chi connectivity index (χ2n) is 13.2. The molecule has 1 fully saturated rings. The minimum absolute atomic E-state index is 0.655. The average Bonchev–Trinajstić information content (AvgIpc) is 2.99. The first-order valence-corrected chi connectivity index (χ1v) is 30.7. The van der Waals surface area contributed by atoms with Gasteiger partial charge in [-0.25, -0.2) is 0 Å². The van der Waals surface area contributed by atoms with E-state index in [4.69, 9.17) is 0 Å². The summed E-state index contributed by atoms with van der Waals surface area (Å²) in [4.78, 5) is 0. The predicted octanol–water partition coefficient (Wildman–Crippen LogP) is 3.79. The zero-order valence-electron chi connectivity index (χ0n) is 27.3. The molecule has 1 heterocycles. The van der Waals surface area contributed by atoms with E-state index < -0.39 is 33.6 Å². The third-order valence-electron chi connectivity index (χ3n) is 8.44. The highest BCUT2D eigenvalue weighted by Crippen LogP contribution is 2.41. The van der Waals surface area contributed by atoms with E-state index in [1.54, 1.807) is 0 Å². The van der Waals surface area contributed by atoms with Crippen LogP contribution in [-0.4, -0.2) is 87.9 Å². The predicted molar refractivity (Wildman–Crippen MR) is 205 cm³/mol. The third-order valence-corrected chi connectivity index (χ3v) is 49.4. The molecule has 0 saturated carbocycles. The summed E-state index contributed by atoms with van der Waals surface area (Å²) >= 11 is 0. The van der Waals surface area contributed by atoms with Gasteiger partial charge in [0.25, 0.3) is 0 Å².